The lowest BCUT2D eigenvalue weighted by atomic mass is 10.1. The normalized spacial score (nSPS) is 18.6. The van der Waals surface area contributed by atoms with Gasteiger partial charge >= 0.3 is 0 Å². The second kappa shape index (κ2) is 9.36. The molecule has 0 saturated carbocycles. The summed E-state index contributed by atoms with van der Waals surface area (Å²) in [6.07, 6.45) is 2.40. The first kappa shape index (κ1) is 21.4. The number of benzene rings is 1. The molecule has 11 heteroatoms. The molecule has 2 amide bonds. The minimum absolute atomic E-state index is 0. The van der Waals surface area contributed by atoms with Crippen LogP contribution in [0.15, 0.2) is 24.4 Å². The van der Waals surface area contributed by atoms with Gasteiger partial charge in [-0.1, -0.05) is 28.4 Å². The Morgan fingerprint density at radius 3 is 2.85 bits per heavy atom. The number of amides is 2. The van der Waals surface area contributed by atoms with E-state index in [-0.39, 0.29) is 47.9 Å². The molecule has 0 unspecified atom stereocenters. The zero-order chi connectivity index (χ0) is 18.7. The average Bonchev–Trinajstić information content (AvgIpc) is 3.28. The van der Waals surface area contributed by atoms with E-state index in [4.69, 9.17) is 23.2 Å². The third kappa shape index (κ3) is 5.10. The molecule has 1 aliphatic rings. The third-order valence-electron chi connectivity index (χ3n) is 4.21. The lowest BCUT2D eigenvalue weighted by molar-refractivity contribution is -0.122. The van der Waals surface area contributed by atoms with Gasteiger partial charge in [0.1, 0.15) is 5.69 Å². The number of carbonyl (C=O) groups excluding carboxylic acids is 2. The molecule has 3 rings (SSSR count). The molecule has 1 fully saturated rings. The van der Waals surface area contributed by atoms with Crippen LogP contribution in [0.3, 0.4) is 0 Å². The van der Waals surface area contributed by atoms with Crippen LogP contribution < -0.4 is 16.0 Å². The first-order valence-corrected chi connectivity index (χ1v) is 8.82. The summed E-state index contributed by atoms with van der Waals surface area (Å²) in [5, 5.41) is 17.5. The summed E-state index contributed by atoms with van der Waals surface area (Å²) < 4.78 is 1.71. The summed E-state index contributed by atoms with van der Waals surface area (Å²) in [4.78, 5) is 23.9. The number of aromatic nitrogens is 3. The fourth-order valence-corrected chi connectivity index (χ4v) is 3.30. The molecule has 2 heterocycles. The summed E-state index contributed by atoms with van der Waals surface area (Å²) in [5.41, 5.74) is 0.962. The number of nitrogens with zero attached hydrogens (tertiary/aromatic N) is 3. The van der Waals surface area contributed by atoms with Gasteiger partial charge in [-0.15, -0.1) is 17.5 Å². The number of hydrogen-bond donors (Lipinski definition) is 3. The highest BCUT2D eigenvalue weighted by Crippen LogP contribution is 2.21. The number of rotatable bonds is 5. The summed E-state index contributed by atoms with van der Waals surface area (Å²) in [6.45, 7) is 0.852. The molecule has 0 spiro atoms. The summed E-state index contributed by atoms with van der Waals surface area (Å²) in [7, 11) is 1.61. The maximum atomic E-state index is 12.2. The Kier molecular flexibility index (Phi) is 7.43. The Labute approximate surface area is 172 Å². The number of likely N-dealkylation sites (N-methyl/N-ethyl adjacent to an activating group) is 1. The van der Waals surface area contributed by atoms with Gasteiger partial charge in [-0.05, 0) is 24.6 Å². The van der Waals surface area contributed by atoms with Gasteiger partial charge in [0.15, 0.2) is 0 Å². The van der Waals surface area contributed by atoms with Gasteiger partial charge in [0.2, 0.25) is 5.91 Å². The third-order valence-corrected chi connectivity index (χ3v) is 4.76. The molecule has 27 heavy (non-hydrogen) atoms. The van der Waals surface area contributed by atoms with Crippen LogP contribution in [0.1, 0.15) is 28.5 Å². The molecule has 1 aliphatic heterocycles. The average molecular weight is 434 g/mol. The lowest BCUT2D eigenvalue weighted by Crippen LogP contribution is -2.38. The van der Waals surface area contributed by atoms with Crippen molar-refractivity contribution >= 4 is 47.4 Å². The lowest BCUT2D eigenvalue weighted by Gasteiger charge is -2.09. The van der Waals surface area contributed by atoms with Gasteiger partial charge in [-0.2, -0.15) is 0 Å². The second-order valence-electron chi connectivity index (χ2n) is 5.96. The van der Waals surface area contributed by atoms with Crippen molar-refractivity contribution in [3.63, 3.8) is 0 Å². The summed E-state index contributed by atoms with van der Waals surface area (Å²) in [6, 6.07) is 4.50. The van der Waals surface area contributed by atoms with Gasteiger partial charge in [0, 0.05) is 18.6 Å². The zero-order valence-electron chi connectivity index (χ0n) is 14.4. The van der Waals surface area contributed by atoms with Crippen LogP contribution in [0, 0.1) is 0 Å². The van der Waals surface area contributed by atoms with Crippen molar-refractivity contribution < 1.29 is 9.59 Å². The van der Waals surface area contributed by atoms with Gasteiger partial charge in [-0.25, -0.2) is 4.68 Å². The van der Waals surface area contributed by atoms with E-state index >= 15 is 0 Å². The minimum atomic E-state index is -0.316. The fraction of sp³-hybridized carbons (Fsp3) is 0.375. The van der Waals surface area contributed by atoms with Crippen LogP contribution in [0.5, 0.6) is 0 Å². The molecule has 3 N–H and O–H groups in total. The van der Waals surface area contributed by atoms with E-state index < -0.39 is 0 Å². The topological polar surface area (TPSA) is 101 Å². The van der Waals surface area contributed by atoms with Gasteiger partial charge in [0.05, 0.1) is 35.4 Å². The van der Waals surface area contributed by atoms with Crippen LogP contribution in [0.4, 0.5) is 0 Å². The van der Waals surface area contributed by atoms with Gasteiger partial charge in [0.25, 0.3) is 5.91 Å². The first-order valence-electron chi connectivity index (χ1n) is 8.07. The highest BCUT2D eigenvalue weighted by molar-refractivity contribution is 6.36. The van der Waals surface area contributed by atoms with E-state index in [1.807, 2.05) is 0 Å². The van der Waals surface area contributed by atoms with Crippen LogP contribution in [0.25, 0.3) is 0 Å². The van der Waals surface area contributed by atoms with Gasteiger partial charge in [-0.3, -0.25) is 9.59 Å². The van der Waals surface area contributed by atoms with E-state index in [0.29, 0.717) is 29.2 Å². The molecular formula is C16H19Cl3N6O2. The molecule has 2 atom stereocenters. The van der Waals surface area contributed by atoms with Gasteiger partial charge < -0.3 is 16.0 Å². The van der Waals surface area contributed by atoms with E-state index in [9.17, 15) is 9.59 Å². The summed E-state index contributed by atoms with van der Waals surface area (Å²) in [5.74, 6) is -0.358. The van der Waals surface area contributed by atoms with Crippen molar-refractivity contribution in [2.75, 3.05) is 13.6 Å². The molecule has 0 radical (unpaired) electrons. The molecule has 1 aromatic heterocycles. The van der Waals surface area contributed by atoms with Crippen molar-refractivity contribution in [3.8, 4) is 0 Å². The number of hydrogen-bond acceptors (Lipinski definition) is 5. The van der Waals surface area contributed by atoms with Crippen molar-refractivity contribution in [3.05, 3.63) is 45.7 Å². The van der Waals surface area contributed by atoms with Crippen LogP contribution >= 0.6 is 35.6 Å². The number of carbonyl (C=O) groups is 2. The van der Waals surface area contributed by atoms with E-state index in [1.165, 1.54) is 6.07 Å². The molecular weight excluding hydrogens is 415 g/mol. The Balaban J connectivity index is 0.00000261. The Hall–Kier alpha value is -1.87. The molecule has 1 aromatic carbocycles. The molecule has 0 aliphatic carbocycles. The van der Waals surface area contributed by atoms with E-state index in [1.54, 1.807) is 30.1 Å². The smallest absolute Gasteiger partial charge is 0.253 e. The predicted molar refractivity (Wildman–Crippen MR) is 104 cm³/mol. The Bertz CT molecular complexity index is 828. The van der Waals surface area contributed by atoms with Crippen LogP contribution in [-0.4, -0.2) is 46.4 Å². The molecule has 1 saturated heterocycles. The van der Waals surface area contributed by atoms with E-state index in [2.05, 4.69) is 26.3 Å². The number of halogens is 3. The molecule has 0 bridgehead atoms. The Morgan fingerprint density at radius 2 is 2.15 bits per heavy atom. The monoisotopic (exact) mass is 432 g/mol. The highest BCUT2D eigenvalue weighted by atomic mass is 35.5. The Morgan fingerprint density at radius 1 is 1.37 bits per heavy atom. The molecule has 2 aromatic rings. The standard InChI is InChI=1S/C16H18Cl2N6O2.ClH/c1-19-16(26)14-5-11(7-20-14)24-8-10(22-23-24)6-21-15(25)12-3-2-9(17)4-13(12)18;/h2-4,8,11,14,20H,5-7H2,1H3,(H,19,26)(H,21,25);1H/t11-,14+;/m1./s1. The van der Waals surface area contributed by atoms with Crippen molar-refractivity contribution in [1.29, 1.82) is 0 Å². The fourth-order valence-electron chi connectivity index (χ4n) is 2.81. The van der Waals surface area contributed by atoms with E-state index in [0.717, 1.165) is 0 Å². The largest absolute Gasteiger partial charge is 0.358 e. The molecule has 8 nitrogen and oxygen atoms in total. The SMILES string of the molecule is CNC(=O)[C@@H]1C[C@@H](n2cc(CNC(=O)c3ccc(Cl)cc3Cl)nn2)CN1.Cl. The van der Waals surface area contributed by atoms with Crippen LogP contribution in [-0.2, 0) is 11.3 Å². The maximum absolute atomic E-state index is 12.2. The predicted octanol–water partition coefficient (Wildman–Crippen LogP) is 1.59. The summed E-state index contributed by atoms with van der Waals surface area (Å²) >= 11 is 11.9. The number of nitrogens with one attached hydrogen (secondary N) is 3. The molecule has 146 valence electrons. The van der Waals surface area contributed by atoms with Crippen LogP contribution in [0.2, 0.25) is 10.0 Å². The van der Waals surface area contributed by atoms with Crippen molar-refractivity contribution in [2.45, 2.75) is 25.0 Å². The first-order chi connectivity index (χ1) is 12.5. The quantitative estimate of drug-likeness (QED) is 0.665. The second-order valence-corrected chi connectivity index (χ2v) is 6.80. The van der Waals surface area contributed by atoms with Crippen molar-refractivity contribution in [1.82, 2.24) is 30.9 Å². The van der Waals surface area contributed by atoms with Crippen molar-refractivity contribution in [2.24, 2.45) is 0 Å². The zero-order valence-corrected chi connectivity index (χ0v) is 16.7. The minimum Gasteiger partial charge on any atom is -0.358 e. The highest BCUT2D eigenvalue weighted by Gasteiger charge is 2.30. The maximum Gasteiger partial charge on any atom is 0.253 e.